The van der Waals surface area contributed by atoms with Crippen molar-refractivity contribution < 1.29 is 19.8 Å². The molecule has 0 saturated heterocycles. The molecule has 5 nitrogen and oxygen atoms in total. The third-order valence-corrected chi connectivity index (χ3v) is 4.00. The fourth-order valence-electron chi connectivity index (χ4n) is 2.55. The summed E-state index contributed by atoms with van der Waals surface area (Å²) in [5.41, 5.74) is 0. The van der Waals surface area contributed by atoms with Gasteiger partial charge in [-0.15, -0.1) is 0 Å². The number of hydrogen-bond donors (Lipinski definition) is 3. The van der Waals surface area contributed by atoms with E-state index < -0.39 is 24.4 Å². The molecule has 1 amide bonds. The highest BCUT2D eigenvalue weighted by molar-refractivity contribution is 5.84. The van der Waals surface area contributed by atoms with E-state index in [2.05, 4.69) is 12.2 Å². The highest BCUT2D eigenvalue weighted by Gasteiger charge is 2.17. The van der Waals surface area contributed by atoms with E-state index in [1.165, 1.54) is 64.2 Å². The SMILES string of the molecule is CCCCCCCCCCCCCCNC(=O)C(O)CC(=O)O. The molecule has 0 aliphatic heterocycles. The fourth-order valence-corrected chi connectivity index (χ4v) is 2.55. The van der Waals surface area contributed by atoms with Gasteiger partial charge in [0.2, 0.25) is 5.91 Å². The molecule has 0 radical (unpaired) electrons. The van der Waals surface area contributed by atoms with E-state index in [4.69, 9.17) is 5.11 Å². The molecular formula is C18H35NO4. The quantitative estimate of drug-likeness (QED) is 0.377. The van der Waals surface area contributed by atoms with Crippen LogP contribution in [-0.2, 0) is 9.59 Å². The van der Waals surface area contributed by atoms with Crippen molar-refractivity contribution in [3.63, 3.8) is 0 Å². The van der Waals surface area contributed by atoms with Crippen molar-refractivity contribution in [2.24, 2.45) is 0 Å². The molecule has 23 heavy (non-hydrogen) atoms. The molecule has 0 saturated carbocycles. The number of carbonyl (C=O) groups excluding carboxylic acids is 1. The Morgan fingerprint density at radius 3 is 1.70 bits per heavy atom. The van der Waals surface area contributed by atoms with Gasteiger partial charge in [0.1, 0.15) is 6.10 Å². The molecule has 0 aromatic carbocycles. The molecule has 3 N–H and O–H groups in total. The summed E-state index contributed by atoms with van der Waals surface area (Å²) in [6.45, 7) is 2.75. The lowest BCUT2D eigenvalue weighted by Gasteiger charge is -2.09. The molecule has 0 aliphatic carbocycles. The van der Waals surface area contributed by atoms with Crippen LogP contribution in [0.25, 0.3) is 0 Å². The minimum atomic E-state index is -1.44. The zero-order valence-electron chi connectivity index (χ0n) is 14.7. The smallest absolute Gasteiger partial charge is 0.306 e. The molecular weight excluding hydrogens is 294 g/mol. The van der Waals surface area contributed by atoms with Crippen molar-refractivity contribution in [2.45, 2.75) is 96.5 Å². The average molecular weight is 329 g/mol. The van der Waals surface area contributed by atoms with Crippen LogP contribution < -0.4 is 5.32 Å². The maximum Gasteiger partial charge on any atom is 0.306 e. The van der Waals surface area contributed by atoms with Gasteiger partial charge in [0.05, 0.1) is 6.42 Å². The molecule has 0 rings (SSSR count). The number of aliphatic carboxylic acids is 1. The number of rotatable bonds is 16. The highest BCUT2D eigenvalue weighted by Crippen LogP contribution is 2.11. The zero-order valence-corrected chi connectivity index (χ0v) is 14.7. The van der Waals surface area contributed by atoms with E-state index in [1.807, 2.05) is 0 Å². The zero-order chi connectivity index (χ0) is 17.3. The third kappa shape index (κ3) is 15.6. The first kappa shape index (κ1) is 21.9. The van der Waals surface area contributed by atoms with Gasteiger partial charge in [-0.25, -0.2) is 0 Å². The Labute approximate surface area is 140 Å². The first-order valence-electron chi connectivity index (χ1n) is 9.25. The van der Waals surface area contributed by atoms with Gasteiger partial charge in [0.25, 0.3) is 0 Å². The molecule has 136 valence electrons. The lowest BCUT2D eigenvalue weighted by molar-refractivity contribution is -0.143. The van der Waals surface area contributed by atoms with Crippen LogP contribution in [0.15, 0.2) is 0 Å². The van der Waals surface area contributed by atoms with Gasteiger partial charge < -0.3 is 15.5 Å². The van der Waals surface area contributed by atoms with Gasteiger partial charge in [0, 0.05) is 6.54 Å². The van der Waals surface area contributed by atoms with Gasteiger partial charge in [-0.3, -0.25) is 9.59 Å². The van der Waals surface area contributed by atoms with Crippen molar-refractivity contribution in [1.82, 2.24) is 5.32 Å². The molecule has 0 bridgehead atoms. The summed E-state index contributed by atoms with van der Waals surface area (Å²) >= 11 is 0. The van der Waals surface area contributed by atoms with Crippen LogP contribution in [0.3, 0.4) is 0 Å². The number of carboxylic acid groups (broad SMARTS) is 1. The van der Waals surface area contributed by atoms with Crippen LogP contribution >= 0.6 is 0 Å². The maximum absolute atomic E-state index is 11.4. The summed E-state index contributed by atoms with van der Waals surface area (Å²) in [4.78, 5) is 21.7. The molecule has 0 aromatic heterocycles. The summed E-state index contributed by atoms with van der Waals surface area (Å²) in [6.07, 6.45) is 13.1. The lowest BCUT2D eigenvalue weighted by atomic mass is 10.1. The van der Waals surface area contributed by atoms with Crippen LogP contribution in [-0.4, -0.2) is 34.7 Å². The Kier molecular flexibility index (Phi) is 15.0. The summed E-state index contributed by atoms with van der Waals surface area (Å²) in [5, 5.41) is 20.3. The van der Waals surface area contributed by atoms with Crippen LogP contribution in [0.2, 0.25) is 0 Å². The van der Waals surface area contributed by atoms with Crippen LogP contribution in [0.5, 0.6) is 0 Å². The van der Waals surface area contributed by atoms with E-state index in [0.717, 1.165) is 12.8 Å². The normalized spacial score (nSPS) is 12.1. The van der Waals surface area contributed by atoms with E-state index in [0.29, 0.717) is 6.54 Å². The average Bonchev–Trinajstić information content (AvgIpc) is 2.51. The fraction of sp³-hybridized carbons (Fsp3) is 0.889. The van der Waals surface area contributed by atoms with E-state index >= 15 is 0 Å². The molecule has 0 fully saturated rings. The lowest BCUT2D eigenvalue weighted by Crippen LogP contribution is -2.36. The number of unbranched alkanes of at least 4 members (excludes halogenated alkanes) is 11. The largest absolute Gasteiger partial charge is 0.481 e. The molecule has 0 aromatic rings. The van der Waals surface area contributed by atoms with Crippen LogP contribution in [0, 0.1) is 0 Å². The van der Waals surface area contributed by atoms with Crippen LogP contribution in [0.4, 0.5) is 0 Å². The summed E-state index contributed by atoms with van der Waals surface area (Å²) < 4.78 is 0. The van der Waals surface area contributed by atoms with Gasteiger partial charge in [-0.2, -0.15) is 0 Å². The van der Waals surface area contributed by atoms with E-state index in [9.17, 15) is 14.7 Å². The van der Waals surface area contributed by atoms with Crippen molar-refractivity contribution in [1.29, 1.82) is 0 Å². The Bertz CT molecular complexity index is 307. The summed E-state index contributed by atoms with van der Waals surface area (Å²) in [7, 11) is 0. The van der Waals surface area contributed by atoms with E-state index in [-0.39, 0.29) is 0 Å². The number of hydrogen-bond acceptors (Lipinski definition) is 3. The first-order valence-corrected chi connectivity index (χ1v) is 9.25. The predicted octanol–water partition coefficient (Wildman–Crippen LogP) is 3.64. The van der Waals surface area contributed by atoms with Crippen molar-refractivity contribution in [2.75, 3.05) is 6.54 Å². The van der Waals surface area contributed by atoms with Crippen molar-refractivity contribution in [3.8, 4) is 0 Å². The Balaban J connectivity index is 3.24. The number of carbonyl (C=O) groups is 2. The molecule has 1 atom stereocenters. The highest BCUT2D eigenvalue weighted by atomic mass is 16.4. The molecule has 0 heterocycles. The Morgan fingerprint density at radius 1 is 0.826 bits per heavy atom. The van der Waals surface area contributed by atoms with Crippen molar-refractivity contribution >= 4 is 11.9 Å². The Morgan fingerprint density at radius 2 is 1.26 bits per heavy atom. The number of amides is 1. The monoisotopic (exact) mass is 329 g/mol. The number of carboxylic acids is 1. The third-order valence-electron chi connectivity index (χ3n) is 4.00. The minimum absolute atomic E-state index is 0.507. The predicted molar refractivity (Wildman–Crippen MR) is 92.3 cm³/mol. The van der Waals surface area contributed by atoms with Gasteiger partial charge in [0.15, 0.2) is 0 Å². The summed E-state index contributed by atoms with van der Waals surface area (Å²) in [5.74, 6) is -1.76. The molecule has 5 heteroatoms. The molecule has 0 aliphatic rings. The maximum atomic E-state index is 11.4. The number of nitrogens with one attached hydrogen (secondary N) is 1. The second-order valence-corrected chi connectivity index (χ2v) is 6.29. The molecule has 0 spiro atoms. The topological polar surface area (TPSA) is 86.6 Å². The summed E-state index contributed by atoms with van der Waals surface area (Å²) in [6, 6.07) is 0. The van der Waals surface area contributed by atoms with Gasteiger partial charge in [-0.05, 0) is 6.42 Å². The first-order chi connectivity index (χ1) is 11.1. The second kappa shape index (κ2) is 15.8. The second-order valence-electron chi connectivity index (χ2n) is 6.29. The number of aliphatic hydroxyl groups is 1. The standard InChI is InChI=1S/C18H35NO4/c1-2-3-4-5-6-7-8-9-10-11-12-13-14-19-18(23)16(20)15-17(21)22/h16,20H,2-15H2,1H3,(H,19,23)(H,21,22). The van der Waals surface area contributed by atoms with Gasteiger partial charge in [-0.1, -0.05) is 77.6 Å². The van der Waals surface area contributed by atoms with Crippen molar-refractivity contribution in [3.05, 3.63) is 0 Å². The number of aliphatic hydroxyl groups excluding tert-OH is 1. The van der Waals surface area contributed by atoms with E-state index in [1.54, 1.807) is 0 Å². The van der Waals surface area contributed by atoms with Gasteiger partial charge >= 0.3 is 5.97 Å². The Hall–Kier alpha value is -1.10. The van der Waals surface area contributed by atoms with Crippen LogP contribution in [0.1, 0.15) is 90.4 Å². The molecule has 1 unspecified atom stereocenters. The minimum Gasteiger partial charge on any atom is -0.481 e.